The predicted octanol–water partition coefficient (Wildman–Crippen LogP) is 1.44. The molecule has 0 spiro atoms. The van der Waals surface area contributed by atoms with Crippen molar-refractivity contribution >= 4 is 13.6 Å². The van der Waals surface area contributed by atoms with Crippen LogP contribution in [0.15, 0.2) is 0 Å². The SMILES string of the molecule is C=P(O)(O)C(C)(C)CC. The van der Waals surface area contributed by atoms with Crippen molar-refractivity contribution in [3.8, 4) is 0 Å². The van der Waals surface area contributed by atoms with Crippen molar-refractivity contribution < 1.29 is 9.79 Å². The van der Waals surface area contributed by atoms with E-state index in [2.05, 4.69) is 6.30 Å². The zero-order valence-electron chi connectivity index (χ0n) is 6.26. The Hall–Kier alpha value is 0.220. The summed E-state index contributed by atoms with van der Waals surface area (Å²) in [5.41, 5.74) is 0. The summed E-state index contributed by atoms with van der Waals surface area (Å²) in [4.78, 5) is 18.2. The number of hydrogen-bond donors (Lipinski definition) is 2. The fourth-order valence-electron chi connectivity index (χ4n) is 0.253. The molecule has 2 nitrogen and oxygen atoms in total. The Balaban J connectivity index is 4.34. The minimum Gasteiger partial charge on any atom is -0.353 e. The van der Waals surface area contributed by atoms with E-state index in [1.165, 1.54) is 0 Å². The third-order valence-corrected chi connectivity index (χ3v) is 4.09. The van der Waals surface area contributed by atoms with Gasteiger partial charge in [0, 0.05) is 5.16 Å². The van der Waals surface area contributed by atoms with Crippen LogP contribution in [0, 0.1) is 0 Å². The molecular weight excluding hydrogens is 135 g/mol. The minimum atomic E-state index is -2.87. The molecule has 0 saturated heterocycles. The summed E-state index contributed by atoms with van der Waals surface area (Å²) in [6, 6.07) is 0. The summed E-state index contributed by atoms with van der Waals surface area (Å²) < 4.78 is 0. The van der Waals surface area contributed by atoms with Crippen molar-refractivity contribution in [2.24, 2.45) is 0 Å². The van der Waals surface area contributed by atoms with Crippen LogP contribution in [-0.2, 0) is 0 Å². The highest BCUT2D eigenvalue weighted by Crippen LogP contribution is 2.51. The van der Waals surface area contributed by atoms with Crippen LogP contribution in [0.2, 0.25) is 0 Å². The second-order valence-electron chi connectivity index (χ2n) is 2.90. The summed E-state index contributed by atoms with van der Waals surface area (Å²) in [6.07, 6.45) is 4.08. The first-order valence-corrected chi connectivity index (χ1v) is 4.88. The molecule has 3 heteroatoms. The van der Waals surface area contributed by atoms with Gasteiger partial charge in [-0.1, -0.05) is 27.1 Å². The largest absolute Gasteiger partial charge is 0.353 e. The fraction of sp³-hybridized carbons (Fsp3) is 0.833. The van der Waals surface area contributed by atoms with Crippen LogP contribution in [0.1, 0.15) is 27.2 Å². The standard InChI is InChI=1S/C6H15O2P/c1-5-6(2,3)9(4,7)8/h7-8H,4-5H2,1-3H3. The summed E-state index contributed by atoms with van der Waals surface area (Å²) in [6.45, 7) is 5.55. The van der Waals surface area contributed by atoms with E-state index in [9.17, 15) is 0 Å². The second-order valence-corrected chi connectivity index (χ2v) is 5.57. The Morgan fingerprint density at radius 3 is 1.78 bits per heavy atom. The van der Waals surface area contributed by atoms with Gasteiger partial charge >= 0.3 is 0 Å². The zero-order chi connectivity index (χ0) is 7.71. The van der Waals surface area contributed by atoms with Crippen LogP contribution >= 0.6 is 7.34 Å². The van der Waals surface area contributed by atoms with Crippen LogP contribution < -0.4 is 0 Å². The lowest BCUT2D eigenvalue weighted by molar-refractivity contribution is 0.425. The molecule has 0 fully saturated rings. The van der Waals surface area contributed by atoms with Crippen molar-refractivity contribution in [2.45, 2.75) is 32.3 Å². The average Bonchev–Trinajstić information content (AvgIpc) is 1.64. The van der Waals surface area contributed by atoms with E-state index in [4.69, 9.17) is 9.79 Å². The molecular formula is C6H15O2P. The highest BCUT2D eigenvalue weighted by atomic mass is 31.2. The summed E-state index contributed by atoms with van der Waals surface area (Å²) in [5, 5.41) is -0.410. The first-order chi connectivity index (χ1) is 3.81. The molecule has 0 bridgehead atoms. The lowest BCUT2D eigenvalue weighted by Crippen LogP contribution is -2.18. The minimum absolute atomic E-state index is 0.410. The number of rotatable bonds is 2. The molecule has 0 amide bonds. The first kappa shape index (κ1) is 9.22. The summed E-state index contributed by atoms with van der Waals surface area (Å²) in [7, 11) is -2.87. The maximum absolute atomic E-state index is 9.10. The van der Waals surface area contributed by atoms with Gasteiger partial charge in [-0.05, 0) is 6.42 Å². The Labute approximate surface area is 56.7 Å². The van der Waals surface area contributed by atoms with E-state index in [1.807, 2.05) is 20.8 Å². The molecule has 56 valence electrons. The molecule has 0 saturated carbocycles. The highest BCUT2D eigenvalue weighted by molar-refractivity contribution is 7.64. The van der Waals surface area contributed by atoms with Gasteiger partial charge in [-0.15, -0.1) is 0 Å². The van der Waals surface area contributed by atoms with E-state index >= 15 is 0 Å². The van der Waals surface area contributed by atoms with Gasteiger partial charge in [-0.2, -0.15) is 0 Å². The molecule has 0 rings (SSSR count). The van der Waals surface area contributed by atoms with E-state index in [0.717, 1.165) is 6.42 Å². The van der Waals surface area contributed by atoms with Crippen LogP contribution in [0.5, 0.6) is 0 Å². The van der Waals surface area contributed by atoms with Gasteiger partial charge in [0.1, 0.15) is 7.34 Å². The highest BCUT2D eigenvalue weighted by Gasteiger charge is 2.27. The van der Waals surface area contributed by atoms with Crippen LogP contribution in [0.4, 0.5) is 0 Å². The van der Waals surface area contributed by atoms with E-state index in [1.54, 1.807) is 0 Å². The van der Waals surface area contributed by atoms with Crippen molar-refractivity contribution in [2.75, 3.05) is 0 Å². The molecule has 0 atom stereocenters. The smallest absolute Gasteiger partial charge is 0.117 e. The average molecular weight is 150 g/mol. The zero-order valence-corrected chi connectivity index (χ0v) is 7.15. The lowest BCUT2D eigenvalue weighted by Gasteiger charge is -2.29. The first-order valence-electron chi connectivity index (χ1n) is 3.00. The monoisotopic (exact) mass is 150 g/mol. The topological polar surface area (TPSA) is 40.5 Å². The van der Waals surface area contributed by atoms with E-state index in [0.29, 0.717) is 0 Å². The van der Waals surface area contributed by atoms with Crippen LogP contribution in [-0.4, -0.2) is 21.2 Å². The third kappa shape index (κ3) is 2.13. The van der Waals surface area contributed by atoms with Gasteiger partial charge < -0.3 is 9.79 Å². The summed E-state index contributed by atoms with van der Waals surface area (Å²) in [5.74, 6) is 0. The Bertz CT molecular complexity index is 134. The molecule has 0 unspecified atom stereocenters. The molecule has 0 aromatic rings. The molecule has 0 radical (unpaired) electrons. The van der Waals surface area contributed by atoms with Gasteiger partial charge in [0.2, 0.25) is 0 Å². The van der Waals surface area contributed by atoms with Gasteiger partial charge in [0.05, 0.1) is 0 Å². The maximum atomic E-state index is 9.10. The molecule has 0 aliphatic rings. The van der Waals surface area contributed by atoms with Crippen molar-refractivity contribution in [3.63, 3.8) is 0 Å². The molecule has 0 aliphatic carbocycles. The van der Waals surface area contributed by atoms with Gasteiger partial charge in [0.15, 0.2) is 0 Å². The fourth-order valence-corrected chi connectivity index (χ4v) is 0.760. The van der Waals surface area contributed by atoms with E-state index < -0.39 is 12.5 Å². The van der Waals surface area contributed by atoms with Crippen LogP contribution in [0.25, 0.3) is 0 Å². The molecule has 0 heterocycles. The third-order valence-electron chi connectivity index (χ3n) is 1.83. The van der Waals surface area contributed by atoms with Gasteiger partial charge in [0.25, 0.3) is 0 Å². The van der Waals surface area contributed by atoms with E-state index in [-0.39, 0.29) is 0 Å². The normalized spacial score (nSPS) is 13.9. The molecule has 9 heavy (non-hydrogen) atoms. The van der Waals surface area contributed by atoms with Gasteiger partial charge in [-0.25, -0.2) is 0 Å². The Morgan fingerprint density at radius 1 is 1.44 bits per heavy atom. The Morgan fingerprint density at radius 2 is 1.78 bits per heavy atom. The molecule has 0 aromatic heterocycles. The number of hydrogen-bond acceptors (Lipinski definition) is 2. The van der Waals surface area contributed by atoms with Crippen molar-refractivity contribution in [1.82, 2.24) is 0 Å². The summed E-state index contributed by atoms with van der Waals surface area (Å²) >= 11 is 0. The molecule has 0 aromatic carbocycles. The quantitative estimate of drug-likeness (QED) is 0.585. The van der Waals surface area contributed by atoms with Gasteiger partial charge in [-0.3, -0.25) is 0 Å². The second kappa shape index (κ2) is 2.45. The molecule has 2 N–H and O–H groups in total. The lowest BCUT2D eigenvalue weighted by atomic mass is 10.1. The maximum Gasteiger partial charge on any atom is 0.117 e. The Kier molecular flexibility index (Phi) is 2.51. The van der Waals surface area contributed by atoms with Crippen molar-refractivity contribution in [3.05, 3.63) is 0 Å². The van der Waals surface area contributed by atoms with Crippen LogP contribution in [0.3, 0.4) is 0 Å². The molecule has 0 aliphatic heterocycles. The predicted molar refractivity (Wildman–Crippen MR) is 42.8 cm³/mol. The van der Waals surface area contributed by atoms with Crippen molar-refractivity contribution in [1.29, 1.82) is 0 Å².